The second-order valence-corrected chi connectivity index (χ2v) is 4.29. The highest BCUT2D eigenvalue weighted by Crippen LogP contribution is 2.10. The van der Waals surface area contributed by atoms with Crippen LogP contribution in [0.1, 0.15) is 11.1 Å². The van der Waals surface area contributed by atoms with E-state index in [4.69, 9.17) is 4.74 Å². The van der Waals surface area contributed by atoms with Gasteiger partial charge < -0.3 is 10.1 Å². The smallest absolute Gasteiger partial charge is 0.118 e. The first-order valence-corrected chi connectivity index (χ1v) is 6.44. The predicted octanol–water partition coefficient (Wildman–Crippen LogP) is 3.92. The maximum Gasteiger partial charge on any atom is 0.118 e. The van der Waals surface area contributed by atoms with Gasteiger partial charge in [-0.05, 0) is 23.3 Å². The molecule has 0 spiro atoms. The van der Waals surface area contributed by atoms with Crippen molar-refractivity contribution in [3.8, 4) is 5.75 Å². The van der Waals surface area contributed by atoms with Crippen molar-refractivity contribution >= 4 is 18.5 Å². The van der Waals surface area contributed by atoms with Crippen molar-refractivity contribution in [1.82, 2.24) is 5.32 Å². The Hall–Kier alpha value is -1.77. The lowest BCUT2D eigenvalue weighted by Crippen LogP contribution is -2.12. The number of ether oxygens (including phenoxy) is 1. The van der Waals surface area contributed by atoms with Gasteiger partial charge in [-0.1, -0.05) is 54.6 Å². The molecule has 0 amide bonds. The number of halogens is 1. The van der Waals surface area contributed by atoms with Crippen LogP contribution in [0, 0.1) is 0 Å². The average molecular weight is 290 g/mol. The fraction of sp³-hybridized carbons (Fsp3) is 0.176. The molecule has 0 bridgehead atoms. The molecule has 106 valence electrons. The van der Waals surface area contributed by atoms with E-state index in [-0.39, 0.29) is 12.4 Å². The van der Waals surface area contributed by atoms with Gasteiger partial charge in [-0.2, -0.15) is 0 Å². The first-order valence-electron chi connectivity index (χ1n) is 6.44. The first kappa shape index (κ1) is 16.3. The molecule has 20 heavy (non-hydrogen) atoms. The molecule has 0 heterocycles. The molecule has 2 rings (SSSR count). The third kappa shape index (κ3) is 5.47. The minimum absolute atomic E-state index is 0. The molecule has 2 aromatic carbocycles. The lowest BCUT2D eigenvalue weighted by molar-refractivity contribution is 0.414. The Morgan fingerprint density at radius 3 is 2.35 bits per heavy atom. The normalized spacial score (nSPS) is 10.2. The molecule has 2 aromatic rings. The van der Waals surface area contributed by atoms with Gasteiger partial charge in [0.05, 0.1) is 7.11 Å². The van der Waals surface area contributed by atoms with Crippen LogP contribution >= 0.6 is 12.4 Å². The number of rotatable bonds is 6. The van der Waals surface area contributed by atoms with E-state index in [0.29, 0.717) is 0 Å². The molecule has 3 heteroatoms. The fourth-order valence-corrected chi connectivity index (χ4v) is 1.80. The van der Waals surface area contributed by atoms with Gasteiger partial charge in [0.2, 0.25) is 0 Å². The molecule has 1 N–H and O–H groups in total. The molecule has 0 fully saturated rings. The largest absolute Gasteiger partial charge is 0.497 e. The Kier molecular flexibility index (Phi) is 7.48. The summed E-state index contributed by atoms with van der Waals surface area (Å²) in [4.78, 5) is 0. The molecule has 2 nitrogen and oxygen atoms in total. The first-order chi connectivity index (χ1) is 9.38. The van der Waals surface area contributed by atoms with Crippen LogP contribution in [0.3, 0.4) is 0 Å². The third-order valence-corrected chi connectivity index (χ3v) is 2.86. The Labute approximate surface area is 126 Å². The van der Waals surface area contributed by atoms with E-state index < -0.39 is 0 Å². The van der Waals surface area contributed by atoms with E-state index in [1.54, 1.807) is 7.11 Å². The summed E-state index contributed by atoms with van der Waals surface area (Å²) in [5, 5.41) is 3.38. The summed E-state index contributed by atoms with van der Waals surface area (Å²) in [6, 6.07) is 18.4. The van der Waals surface area contributed by atoms with Gasteiger partial charge in [-0.3, -0.25) is 0 Å². The standard InChI is InChI=1S/C17H19NO.ClH/c1-19-17-11-9-16(10-12-17)14-18-13-5-8-15-6-3-2-4-7-15;/h2-12,18H,13-14H2,1H3;1H/b8-5+;. The lowest BCUT2D eigenvalue weighted by Gasteiger charge is -2.04. The molecule has 0 saturated carbocycles. The maximum atomic E-state index is 5.13. The van der Waals surface area contributed by atoms with Crippen LogP contribution in [0.5, 0.6) is 5.75 Å². The van der Waals surface area contributed by atoms with Gasteiger partial charge in [0, 0.05) is 13.1 Å². The zero-order chi connectivity index (χ0) is 13.3. The van der Waals surface area contributed by atoms with Gasteiger partial charge in [-0.15, -0.1) is 12.4 Å². The molecule has 0 aliphatic rings. The van der Waals surface area contributed by atoms with E-state index in [2.05, 4.69) is 41.7 Å². The monoisotopic (exact) mass is 289 g/mol. The van der Waals surface area contributed by atoms with E-state index in [0.717, 1.165) is 18.8 Å². The van der Waals surface area contributed by atoms with Gasteiger partial charge in [0.15, 0.2) is 0 Å². The van der Waals surface area contributed by atoms with Crippen LogP contribution in [-0.2, 0) is 6.54 Å². The zero-order valence-corrected chi connectivity index (χ0v) is 12.4. The highest BCUT2D eigenvalue weighted by Gasteiger charge is 1.93. The SMILES string of the molecule is COc1ccc(CNC/C=C/c2ccccc2)cc1.Cl. The van der Waals surface area contributed by atoms with Crippen molar-refractivity contribution < 1.29 is 4.74 Å². The highest BCUT2D eigenvalue weighted by molar-refractivity contribution is 5.85. The van der Waals surface area contributed by atoms with Crippen molar-refractivity contribution in [2.75, 3.05) is 13.7 Å². The second-order valence-electron chi connectivity index (χ2n) is 4.29. The van der Waals surface area contributed by atoms with E-state index in [1.807, 2.05) is 30.3 Å². The van der Waals surface area contributed by atoms with E-state index in [9.17, 15) is 0 Å². The van der Waals surface area contributed by atoms with Crippen molar-refractivity contribution in [3.63, 3.8) is 0 Å². The van der Waals surface area contributed by atoms with Gasteiger partial charge in [-0.25, -0.2) is 0 Å². The van der Waals surface area contributed by atoms with Crippen LogP contribution < -0.4 is 10.1 Å². The molecule has 0 aromatic heterocycles. The minimum Gasteiger partial charge on any atom is -0.497 e. The van der Waals surface area contributed by atoms with Gasteiger partial charge in [0.1, 0.15) is 5.75 Å². The molecular formula is C17H20ClNO. The maximum absolute atomic E-state index is 5.13. The summed E-state index contributed by atoms with van der Waals surface area (Å²) in [5.74, 6) is 0.896. The predicted molar refractivity (Wildman–Crippen MR) is 87.4 cm³/mol. The second kappa shape index (κ2) is 9.18. The van der Waals surface area contributed by atoms with Crippen LogP contribution in [-0.4, -0.2) is 13.7 Å². The summed E-state index contributed by atoms with van der Waals surface area (Å²) in [6.07, 6.45) is 4.26. The van der Waals surface area contributed by atoms with Crippen LogP contribution in [0.4, 0.5) is 0 Å². The Morgan fingerprint density at radius 1 is 1.00 bits per heavy atom. The fourth-order valence-electron chi connectivity index (χ4n) is 1.80. The van der Waals surface area contributed by atoms with Crippen LogP contribution in [0.15, 0.2) is 60.7 Å². The summed E-state index contributed by atoms with van der Waals surface area (Å²) >= 11 is 0. The van der Waals surface area contributed by atoms with Gasteiger partial charge in [0.25, 0.3) is 0 Å². The number of methoxy groups -OCH3 is 1. The number of hydrogen-bond acceptors (Lipinski definition) is 2. The molecule has 0 atom stereocenters. The molecule has 0 aliphatic carbocycles. The quantitative estimate of drug-likeness (QED) is 0.814. The number of nitrogens with one attached hydrogen (secondary N) is 1. The van der Waals surface area contributed by atoms with Crippen LogP contribution in [0.2, 0.25) is 0 Å². The van der Waals surface area contributed by atoms with Crippen molar-refractivity contribution in [3.05, 3.63) is 71.8 Å². The molecular weight excluding hydrogens is 270 g/mol. The van der Waals surface area contributed by atoms with Crippen LogP contribution in [0.25, 0.3) is 6.08 Å². The summed E-state index contributed by atoms with van der Waals surface area (Å²) < 4.78 is 5.13. The Balaban J connectivity index is 0.00000200. The summed E-state index contributed by atoms with van der Waals surface area (Å²) in [6.45, 7) is 1.73. The molecule has 0 aliphatic heterocycles. The van der Waals surface area contributed by atoms with Crippen molar-refractivity contribution in [1.29, 1.82) is 0 Å². The Morgan fingerprint density at radius 2 is 1.70 bits per heavy atom. The summed E-state index contributed by atoms with van der Waals surface area (Å²) in [7, 11) is 1.68. The number of benzene rings is 2. The Bertz CT molecular complexity index is 508. The van der Waals surface area contributed by atoms with E-state index in [1.165, 1.54) is 11.1 Å². The molecule has 0 saturated heterocycles. The topological polar surface area (TPSA) is 21.3 Å². The highest BCUT2D eigenvalue weighted by atomic mass is 35.5. The van der Waals surface area contributed by atoms with Crippen molar-refractivity contribution in [2.45, 2.75) is 6.54 Å². The zero-order valence-electron chi connectivity index (χ0n) is 11.6. The summed E-state index contributed by atoms with van der Waals surface area (Å²) in [5.41, 5.74) is 2.49. The minimum atomic E-state index is 0. The molecule has 0 radical (unpaired) electrons. The third-order valence-electron chi connectivity index (χ3n) is 2.86. The van der Waals surface area contributed by atoms with Gasteiger partial charge >= 0.3 is 0 Å². The lowest BCUT2D eigenvalue weighted by atomic mass is 10.2. The number of hydrogen-bond donors (Lipinski definition) is 1. The molecule has 0 unspecified atom stereocenters. The van der Waals surface area contributed by atoms with E-state index >= 15 is 0 Å². The van der Waals surface area contributed by atoms with Crippen molar-refractivity contribution in [2.24, 2.45) is 0 Å². The average Bonchev–Trinajstić information content (AvgIpc) is 2.49.